The molecule has 3 rings (SSSR count). The van der Waals surface area contributed by atoms with Gasteiger partial charge in [-0.3, -0.25) is 4.79 Å². The van der Waals surface area contributed by atoms with Crippen molar-refractivity contribution in [2.24, 2.45) is 0 Å². The van der Waals surface area contributed by atoms with E-state index >= 15 is 0 Å². The fourth-order valence-electron chi connectivity index (χ4n) is 2.87. The van der Waals surface area contributed by atoms with Crippen molar-refractivity contribution in [2.45, 2.75) is 26.7 Å². The molecule has 3 amide bonds. The quantitative estimate of drug-likeness (QED) is 0.575. The summed E-state index contributed by atoms with van der Waals surface area (Å²) in [5, 5.41) is 9.73. The number of aromatic nitrogens is 2. The SMILES string of the molecule is CCCNC(=O)c1ccc(-c2nc(CCN(C)C(=O)Nc3ccccc3C)no2)cc1. The van der Waals surface area contributed by atoms with Crippen LogP contribution in [0.5, 0.6) is 0 Å². The van der Waals surface area contributed by atoms with Gasteiger partial charge in [0.2, 0.25) is 0 Å². The summed E-state index contributed by atoms with van der Waals surface area (Å²) >= 11 is 0. The molecular formula is C23H27N5O3. The van der Waals surface area contributed by atoms with Crippen LogP contribution in [0.2, 0.25) is 0 Å². The minimum Gasteiger partial charge on any atom is -0.352 e. The van der Waals surface area contributed by atoms with Crippen molar-refractivity contribution in [3.63, 3.8) is 0 Å². The molecule has 0 bridgehead atoms. The Bertz CT molecular complexity index is 1030. The van der Waals surface area contributed by atoms with E-state index in [0.717, 1.165) is 23.2 Å². The van der Waals surface area contributed by atoms with E-state index in [4.69, 9.17) is 4.52 Å². The summed E-state index contributed by atoms with van der Waals surface area (Å²) in [4.78, 5) is 30.3. The van der Waals surface area contributed by atoms with E-state index in [1.165, 1.54) is 0 Å². The zero-order chi connectivity index (χ0) is 22.2. The number of nitrogens with zero attached hydrogens (tertiary/aromatic N) is 3. The topological polar surface area (TPSA) is 100 Å². The number of urea groups is 1. The largest absolute Gasteiger partial charge is 0.352 e. The first-order valence-corrected chi connectivity index (χ1v) is 10.3. The molecule has 0 aliphatic heterocycles. The molecule has 0 atom stereocenters. The van der Waals surface area contributed by atoms with Gasteiger partial charge in [-0.05, 0) is 49.2 Å². The Morgan fingerprint density at radius 1 is 1.10 bits per heavy atom. The Morgan fingerprint density at radius 2 is 1.84 bits per heavy atom. The standard InChI is InChI=1S/C23H27N5O3/c1-4-14-24-21(29)17-9-11-18(12-10-17)22-26-20(27-31-22)13-15-28(3)23(30)25-19-8-6-5-7-16(19)2/h5-12H,4,13-15H2,1-3H3,(H,24,29)(H,25,30). The number of hydrogen-bond acceptors (Lipinski definition) is 5. The predicted molar refractivity (Wildman–Crippen MR) is 119 cm³/mol. The van der Waals surface area contributed by atoms with Crippen LogP contribution in [0.25, 0.3) is 11.5 Å². The maximum atomic E-state index is 12.4. The highest BCUT2D eigenvalue weighted by atomic mass is 16.5. The Labute approximate surface area is 181 Å². The molecule has 8 nitrogen and oxygen atoms in total. The average molecular weight is 422 g/mol. The number of carbonyl (C=O) groups excluding carboxylic acids is 2. The number of carbonyl (C=O) groups is 2. The number of rotatable bonds is 8. The first-order chi connectivity index (χ1) is 15.0. The predicted octanol–water partition coefficient (Wildman–Crippen LogP) is 3.89. The summed E-state index contributed by atoms with van der Waals surface area (Å²) < 4.78 is 5.34. The van der Waals surface area contributed by atoms with Gasteiger partial charge in [0.25, 0.3) is 11.8 Å². The zero-order valence-electron chi connectivity index (χ0n) is 18.0. The van der Waals surface area contributed by atoms with Crippen LogP contribution in [0.1, 0.15) is 35.1 Å². The number of benzene rings is 2. The molecule has 0 aliphatic carbocycles. The molecular weight excluding hydrogens is 394 g/mol. The van der Waals surface area contributed by atoms with Gasteiger partial charge in [-0.2, -0.15) is 4.98 Å². The number of amides is 3. The van der Waals surface area contributed by atoms with E-state index < -0.39 is 0 Å². The van der Waals surface area contributed by atoms with E-state index in [1.54, 1.807) is 36.2 Å². The minimum atomic E-state index is -0.199. The molecule has 1 heterocycles. The lowest BCUT2D eigenvalue weighted by Crippen LogP contribution is -2.33. The molecule has 0 saturated heterocycles. The van der Waals surface area contributed by atoms with Gasteiger partial charge in [-0.15, -0.1) is 0 Å². The van der Waals surface area contributed by atoms with Crippen LogP contribution >= 0.6 is 0 Å². The Hall–Kier alpha value is -3.68. The number of aryl methyl sites for hydroxylation is 1. The molecule has 2 aromatic carbocycles. The Balaban J connectivity index is 1.54. The Morgan fingerprint density at radius 3 is 2.55 bits per heavy atom. The maximum absolute atomic E-state index is 12.4. The van der Waals surface area contributed by atoms with Gasteiger partial charge in [-0.1, -0.05) is 30.3 Å². The second-order valence-corrected chi connectivity index (χ2v) is 7.27. The van der Waals surface area contributed by atoms with Gasteiger partial charge in [-0.25, -0.2) is 4.79 Å². The molecule has 0 fully saturated rings. The van der Waals surface area contributed by atoms with Crippen molar-refractivity contribution in [2.75, 3.05) is 25.5 Å². The maximum Gasteiger partial charge on any atom is 0.321 e. The fraction of sp³-hybridized carbons (Fsp3) is 0.304. The molecule has 0 aliphatic rings. The summed E-state index contributed by atoms with van der Waals surface area (Å²) in [6, 6.07) is 14.4. The molecule has 0 radical (unpaired) electrons. The van der Waals surface area contributed by atoms with Crippen molar-refractivity contribution < 1.29 is 14.1 Å². The minimum absolute atomic E-state index is 0.105. The van der Waals surface area contributed by atoms with Crippen LogP contribution in [-0.2, 0) is 6.42 Å². The monoisotopic (exact) mass is 421 g/mol. The molecule has 0 spiro atoms. The van der Waals surface area contributed by atoms with Gasteiger partial charge >= 0.3 is 6.03 Å². The van der Waals surface area contributed by atoms with Gasteiger partial charge < -0.3 is 20.1 Å². The summed E-state index contributed by atoms with van der Waals surface area (Å²) in [7, 11) is 1.72. The summed E-state index contributed by atoms with van der Waals surface area (Å²) in [6.45, 7) is 5.03. The van der Waals surface area contributed by atoms with Crippen LogP contribution in [0, 0.1) is 6.92 Å². The van der Waals surface area contributed by atoms with Crippen LogP contribution in [0.3, 0.4) is 0 Å². The highest BCUT2D eigenvalue weighted by molar-refractivity contribution is 5.94. The second-order valence-electron chi connectivity index (χ2n) is 7.27. The number of hydrogen-bond donors (Lipinski definition) is 2. The fourth-order valence-corrected chi connectivity index (χ4v) is 2.87. The molecule has 31 heavy (non-hydrogen) atoms. The summed E-state index contributed by atoms with van der Waals surface area (Å²) in [6.07, 6.45) is 1.34. The molecule has 0 saturated carbocycles. The third-order valence-electron chi connectivity index (χ3n) is 4.80. The molecule has 8 heteroatoms. The molecule has 0 unspecified atom stereocenters. The van der Waals surface area contributed by atoms with Crippen molar-refractivity contribution in [3.8, 4) is 11.5 Å². The number of nitrogens with one attached hydrogen (secondary N) is 2. The average Bonchev–Trinajstić information content (AvgIpc) is 3.26. The molecule has 3 aromatic rings. The first kappa shape index (κ1) is 22.0. The highest BCUT2D eigenvalue weighted by Gasteiger charge is 2.14. The number of likely N-dealkylation sites (N-methyl/N-ethyl adjacent to an activating group) is 1. The summed E-state index contributed by atoms with van der Waals surface area (Å²) in [5.41, 5.74) is 3.10. The van der Waals surface area contributed by atoms with E-state index in [-0.39, 0.29) is 11.9 Å². The van der Waals surface area contributed by atoms with Gasteiger partial charge in [0.05, 0.1) is 0 Å². The van der Waals surface area contributed by atoms with Crippen molar-refractivity contribution in [3.05, 3.63) is 65.5 Å². The van der Waals surface area contributed by atoms with Crippen LogP contribution in [0.4, 0.5) is 10.5 Å². The Kier molecular flexibility index (Phi) is 7.37. The molecule has 162 valence electrons. The van der Waals surface area contributed by atoms with Gasteiger partial charge in [0.1, 0.15) is 0 Å². The normalized spacial score (nSPS) is 10.5. The van der Waals surface area contributed by atoms with Crippen LogP contribution in [-0.4, -0.2) is 47.1 Å². The molecule has 2 N–H and O–H groups in total. The van der Waals surface area contributed by atoms with Gasteiger partial charge in [0, 0.05) is 43.4 Å². The molecule has 1 aromatic heterocycles. The van der Waals surface area contributed by atoms with Crippen molar-refractivity contribution in [1.82, 2.24) is 20.4 Å². The van der Waals surface area contributed by atoms with Crippen molar-refractivity contribution >= 4 is 17.6 Å². The number of para-hydroxylation sites is 1. The van der Waals surface area contributed by atoms with Crippen LogP contribution in [0.15, 0.2) is 53.1 Å². The van der Waals surface area contributed by atoms with E-state index in [9.17, 15) is 9.59 Å². The summed E-state index contributed by atoms with van der Waals surface area (Å²) in [5.74, 6) is 0.782. The van der Waals surface area contributed by atoms with E-state index in [0.29, 0.717) is 36.8 Å². The smallest absolute Gasteiger partial charge is 0.321 e. The lowest BCUT2D eigenvalue weighted by Gasteiger charge is -2.18. The van der Waals surface area contributed by atoms with E-state index in [1.807, 2.05) is 38.1 Å². The van der Waals surface area contributed by atoms with E-state index in [2.05, 4.69) is 20.8 Å². The third-order valence-corrected chi connectivity index (χ3v) is 4.80. The highest BCUT2D eigenvalue weighted by Crippen LogP contribution is 2.18. The third kappa shape index (κ3) is 5.91. The zero-order valence-corrected chi connectivity index (χ0v) is 18.0. The first-order valence-electron chi connectivity index (χ1n) is 10.3. The van der Waals surface area contributed by atoms with Crippen LogP contribution < -0.4 is 10.6 Å². The number of anilines is 1. The van der Waals surface area contributed by atoms with Gasteiger partial charge in [0.15, 0.2) is 5.82 Å². The lowest BCUT2D eigenvalue weighted by molar-refractivity contribution is 0.0953. The lowest BCUT2D eigenvalue weighted by atomic mass is 10.1. The second kappa shape index (κ2) is 10.4. The van der Waals surface area contributed by atoms with Crippen molar-refractivity contribution in [1.29, 1.82) is 0 Å².